The number of hydrogen-bond acceptors (Lipinski definition) is 5. The van der Waals surface area contributed by atoms with Crippen LogP contribution in [-0.2, 0) is 6.42 Å². The summed E-state index contributed by atoms with van der Waals surface area (Å²) < 4.78 is 17.8. The van der Waals surface area contributed by atoms with E-state index in [1.165, 1.54) is 21.3 Å². The SMILES string of the molecule is COc1cc(C(=O)NCCc2ncc3ccccn23)cc(OC)c1OC. The van der Waals surface area contributed by atoms with Gasteiger partial charge >= 0.3 is 0 Å². The minimum absolute atomic E-state index is 0.217. The fraction of sp³-hybridized carbons (Fsp3) is 0.263. The van der Waals surface area contributed by atoms with E-state index in [1.807, 2.05) is 35.0 Å². The van der Waals surface area contributed by atoms with Crippen LogP contribution in [0, 0.1) is 0 Å². The van der Waals surface area contributed by atoms with Crippen molar-refractivity contribution in [2.75, 3.05) is 27.9 Å². The van der Waals surface area contributed by atoms with Crippen LogP contribution in [0.3, 0.4) is 0 Å². The molecule has 0 radical (unpaired) electrons. The standard InChI is InChI=1S/C19H21N3O4/c1-24-15-10-13(11-16(25-2)18(15)26-3)19(23)20-8-7-17-21-12-14-6-4-5-9-22(14)17/h4-6,9-12H,7-8H2,1-3H3,(H,20,23). The Hall–Kier alpha value is -3.22. The molecular weight excluding hydrogens is 334 g/mol. The van der Waals surface area contributed by atoms with Gasteiger partial charge in [0, 0.05) is 24.7 Å². The molecule has 1 aromatic carbocycles. The van der Waals surface area contributed by atoms with Crippen LogP contribution < -0.4 is 19.5 Å². The number of rotatable bonds is 7. The molecule has 0 atom stereocenters. The molecule has 0 aliphatic carbocycles. The third-order valence-corrected chi connectivity index (χ3v) is 4.08. The van der Waals surface area contributed by atoms with Gasteiger partial charge in [-0.15, -0.1) is 0 Å². The molecule has 136 valence electrons. The number of aromatic nitrogens is 2. The number of methoxy groups -OCH3 is 3. The van der Waals surface area contributed by atoms with Gasteiger partial charge in [0.1, 0.15) is 5.82 Å². The van der Waals surface area contributed by atoms with Crippen LogP contribution in [0.4, 0.5) is 0 Å². The second-order valence-corrected chi connectivity index (χ2v) is 5.59. The third kappa shape index (κ3) is 3.42. The van der Waals surface area contributed by atoms with Crippen LogP contribution in [0.15, 0.2) is 42.7 Å². The van der Waals surface area contributed by atoms with Gasteiger partial charge in [0.2, 0.25) is 5.75 Å². The van der Waals surface area contributed by atoms with E-state index in [-0.39, 0.29) is 5.91 Å². The van der Waals surface area contributed by atoms with E-state index in [9.17, 15) is 4.79 Å². The molecule has 0 aliphatic heterocycles. The summed E-state index contributed by atoms with van der Waals surface area (Å²) in [4.78, 5) is 16.9. The van der Waals surface area contributed by atoms with Crippen molar-refractivity contribution >= 4 is 11.4 Å². The van der Waals surface area contributed by atoms with E-state index >= 15 is 0 Å². The van der Waals surface area contributed by atoms with Crippen LogP contribution in [0.1, 0.15) is 16.2 Å². The van der Waals surface area contributed by atoms with Gasteiger partial charge in [-0.2, -0.15) is 0 Å². The lowest BCUT2D eigenvalue weighted by atomic mass is 10.1. The number of hydrogen-bond donors (Lipinski definition) is 1. The lowest BCUT2D eigenvalue weighted by Crippen LogP contribution is -2.26. The van der Waals surface area contributed by atoms with Crippen LogP contribution in [-0.4, -0.2) is 43.2 Å². The highest BCUT2D eigenvalue weighted by molar-refractivity contribution is 5.95. The van der Waals surface area contributed by atoms with Gasteiger partial charge in [0.25, 0.3) is 5.91 Å². The lowest BCUT2D eigenvalue weighted by molar-refractivity contribution is 0.0953. The fourth-order valence-corrected chi connectivity index (χ4v) is 2.79. The largest absolute Gasteiger partial charge is 0.493 e. The molecule has 0 unspecified atom stereocenters. The molecule has 26 heavy (non-hydrogen) atoms. The minimum Gasteiger partial charge on any atom is -0.493 e. The van der Waals surface area contributed by atoms with E-state index < -0.39 is 0 Å². The van der Waals surface area contributed by atoms with Crippen molar-refractivity contribution in [1.29, 1.82) is 0 Å². The lowest BCUT2D eigenvalue weighted by Gasteiger charge is -2.14. The van der Waals surface area contributed by atoms with Gasteiger partial charge in [0.05, 0.1) is 33.0 Å². The van der Waals surface area contributed by atoms with Gasteiger partial charge < -0.3 is 23.9 Å². The van der Waals surface area contributed by atoms with Crippen molar-refractivity contribution in [3.8, 4) is 17.2 Å². The highest BCUT2D eigenvalue weighted by atomic mass is 16.5. The second-order valence-electron chi connectivity index (χ2n) is 5.59. The number of imidazole rings is 1. The van der Waals surface area contributed by atoms with E-state index in [0.29, 0.717) is 35.8 Å². The monoisotopic (exact) mass is 355 g/mol. The van der Waals surface area contributed by atoms with Crippen LogP contribution in [0.25, 0.3) is 5.52 Å². The third-order valence-electron chi connectivity index (χ3n) is 4.08. The summed E-state index contributed by atoms with van der Waals surface area (Å²) in [6.45, 7) is 0.462. The van der Waals surface area contributed by atoms with Crippen molar-refractivity contribution in [2.45, 2.75) is 6.42 Å². The Bertz CT molecular complexity index is 895. The smallest absolute Gasteiger partial charge is 0.251 e. The summed E-state index contributed by atoms with van der Waals surface area (Å²) >= 11 is 0. The molecule has 0 saturated carbocycles. The minimum atomic E-state index is -0.217. The summed E-state index contributed by atoms with van der Waals surface area (Å²) in [6.07, 6.45) is 4.39. The van der Waals surface area contributed by atoms with Crippen molar-refractivity contribution in [1.82, 2.24) is 14.7 Å². The van der Waals surface area contributed by atoms with Gasteiger partial charge in [-0.3, -0.25) is 4.79 Å². The predicted octanol–water partition coefficient (Wildman–Crippen LogP) is 2.33. The number of pyridine rings is 1. The molecule has 2 aromatic heterocycles. The molecule has 3 aromatic rings. The van der Waals surface area contributed by atoms with Crippen molar-refractivity contribution in [3.05, 3.63) is 54.1 Å². The van der Waals surface area contributed by atoms with Crippen LogP contribution in [0.5, 0.6) is 17.2 Å². The summed E-state index contributed by atoms with van der Waals surface area (Å²) in [7, 11) is 4.56. The molecule has 7 nitrogen and oxygen atoms in total. The number of benzene rings is 1. The molecule has 2 heterocycles. The molecule has 0 fully saturated rings. The average molecular weight is 355 g/mol. The second kappa shape index (κ2) is 7.77. The number of nitrogens with zero attached hydrogens (tertiary/aromatic N) is 2. The van der Waals surface area contributed by atoms with E-state index in [2.05, 4.69) is 10.3 Å². The first-order chi connectivity index (χ1) is 12.7. The molecule has 3 rings (SSSR count). The van der Waals surface area contributed by atoms with Crippen LogP contribution >= 0.6 is 0 Å². The van der Waals surface area contributed by atoms with E-state index in [1.54, 1.807) is 12.1 Å². The van der Waals surface area contributed by atoms with Gasteiger partial charge in [0.15, 0.2) is 11.5 Å². The fourth-order valence-electron chi connectivity index (χ4n) is 2.79. The van der Waals surface area contributed by atoms with E-state index in [0.717, 1.165) is 11.3 Å². The number of fused-ring (bicyclic) bond motifs is 1. The number of amides is 1. The van der Waals surface area contributed by atoms with Crippen LogP contribution in [0.2, 0.25) is 0 Å². The Labute approximate surface area is 151 Å². The molecule has 0 bridgehead atoms. The molecule has 7 heteroatoms. The first kappa shape index (κ1) is 17.6. The zero-order chi connectivity index (χ0) is 18.5. The molecule has 0 saturated heterocycles. The number of ether oxygens (including phenoxy) is 3. The Kier molecular flexibility index (Phi) is 5.26. The highest BCUT2D eigenvalue weighted by Gasteiger charge is 2.17. The van der Waals surface area contributed by atoms with Crippen molar-refractivity contribution in [2.24, 2.45) is 0 Å². The van der Waals surface area contributed by atoms with E-state index in [4.69, 9.17) is 14.2 Å². The summed E-state index contributed by atoms with van der Waals surface area (Å²) in [5, 5.41) is 2.90. The topological polar surface area (TPSA) is 74.1 Å². The Balaban J connectivity index is 1.70. The van der Waals surface area contributed by atoms with Gasteiger partial charge in [-0.1, -0.05) is 6.07 Å². The maximum absolute atomic E-state index is 12.5. The summed E-state index contributed by atoms with van der Waals surface area (Å²) in [5.74, 6) is 2.01. The molecular formula is C19H21N3O4. The Morgan fingerprint density at radius 1 is 1.12 bits per heavy atom. The highest BCUT2D eigenvalue weighted by Crippen LogP contribution is 2.38. The summed E-state index contributed by atoms with van der Waals surface area (Å²) in [5.41, 5.74) is 1.46. The first-order valence-electron chi connectivity index (χ1n) is 8.17. The molecule has 1 N–H and O–H groups in total. The normalized spacial score (nSPS) is 10.6. The maximum atomic E-state index is 12.5. The summed E-state index contributed by atoms with van der Waals surface area (Å²) in [6, 6.07) is 9.16. The Morgan fingerprint density at radius 3 is 2.50 bits per heavy atom. The quantitative estimate of drug-likeness (QED) is 0.704. The number of nitrogens with one attached hydrogen (secondary N) is 1. The van der Waals surface area contributed by atoms with Crippen molar-refractivity contribution in [3.63, 3.8) is 0 Å². The molecule has 0 spiro atoms. The zero-order valence-electron chi connectivity index (χ0n) is 15.0. The number of carbonyl (C=O) groups excluding carboxylic acids is 1. The average Bonchev–Trinajstić information content (AvgIpc) is 3.09. The van der Waals surface area contributed by atoms with Gasteiger partial charge in [-0.25, -0.2) is 4.98 Å². The maximum Gasteiger partial charge on any atom is 0.251 e. The molecule has 0 aliphatic rings. The first-order valence-corrected chi connectivity index (χ1v) is 8.17. The van der Waals surface area contributed by atoms with Crippen molar-refractivity contribution < 1.29 is 19.0 Å². The number of carbonyl (C=O) groups is 1. The Morgan fingerprint density at radius 2 is 1.85 bits per heavy atom. The predicted molar refractivity (Wildman–Crippen MR) is 97.3 cm³/mol. The zero-order valence-corrected chi connectivity index (χ0v) is 15.0. The van der Waals surface area contributed by atoms with Gasteiger partial charge in [-0.05, 0) is 24.3 Å². The molecule has 1 amide bonds.